The lowest BCUT2D eigenvalue weighted by Gasteiger charge is -2.30. The SMILES string of the molecule is CC[C@@H](C(=O)Nc1nnc(SCC(C)C)s1)N(c1cccc(C)c1)S(C)(=O)=O. The second kappa shape index (κ2) is 9.71. The summed E-state index contributed by atoms with van der Waals surface area (Å²) in [5.41, 5.74) is 1.38. The van der Waals surface area contributed by atoms with E-state index >= 15 is 0 Å². The molecule has 154 valence electrons. The number of thioether (sulfide) groups is 1. The van der Waals surface area contributed by atoms with Crippen molar-refractivity contribution in [3.05, 3.63) is 29.8 Å². The van der Waals surface area contributed by atoms with Gasteiger partial charge >= 0.3 is 0 Å². The topological polar surface area (TPSA) is 92.3 Å². The van der Waals surface area contributed by atoms with Crippen molar-refractivity contribution in [2.45, 2.75) is 44.5 Å². The highest BCUT2D eigenvalue weighted by Gasteiger charge is 2.32. The molecule has 0 spiro atoms. The van der Waals surface area contributed by atoms with Crippen LogP contribution in [0.4, 0.5) is 10.8 Å². The van der Waals surface area contributed by atoms with Gasteiger partial charge in [-0.1, -0.05) is 56.0 Å². The van der Waals surface area contributed by atoms with E-state index in [1.807, 2.05) is 13.0 Å². The number of anilines is 2. The summed E-state index contributed by atoms with van der Waals surface area (Å²) >= 11 is 2.88. The summed E-state index contributed by atoms with van der Waals surface area (Å²) in [6.07, 6.45) is 1.43. The number of rotatable bonds is 9. The van der Waals surface area contributed by atoms with Crippen molar-refractivity contribution in [1.82, 2.24) is 10.2 Å². The predicted octanol–water partition coefficient (Wildman–Crippen LogP) is 3.78. The minimum atomic E-state index is -3.66. The van der Waals surface area contributed by atoms with Crippen molar-refractivity contribution in [1.29, 1.82) is 0 Å². The normalized spacial score (nSPS) is 12.8. The zero-order chi connectivity index (χ0) is 20.9. The smallest absolute Gasteiger partial charge is 0.250 e. The molecule has 1 heterocycles. The fourth-order valence-electron chi connectivity index (χ4n) is 2.57. The average Bonchev–Trinajstić information content (AvgIpc) is 3.03. The van der Waals surface area contributed by atoms with Crippen LogP contribution in [-0.2, 0) is 14.8 Å². The van der Waals surface area contributed by atoms with E-state index in [1.54, 1.807) is 36.9 Å². The molecule has 28 heavy (non-hydrogen) atoms. The summed E-state index contributed by atoms with van der Waals surface area (Å²) in [6.45, 7) is 7.89. The fourth-order valence-corrected chi connectivity index (χ4v) is 5.51. The van der Waals surface area contributed by atoms with Gasteiger partial charge in [-0.05, 0) is 37.0 Å². The summed E-state index contributed by atoms with van der Waals surface area (Å²) in [5.74, 6) is 1.01. The van der Waals surface area contributed by atoms with Gasteiger partial charge in [0, 0.05) is 5.75 Å². The van der Waals surface area contributed by atoms with Crippen molar-refractivity contribution in [2.75, 3.05) is 21.6 Å². The zero-order valence-corrected chi connectivity index (χ0v) is 19.1. The van der Waals surface area contributed by atoms with Gasteiger partial charge in [0.1, 0.15) is 6.04 Å². The lowest BCUT2D eigenvalue weighted by atomic mass is 10.1. The van der Waals surface area contributed by atoms with E-state index in [2.05, 4.69) is 29.4 Å². The van der Waals surface area contributed by atoms with Crippen LogP contribution in [0.25, 0.3) is 0 Å². The Bertz CT molecular complexity index is 912. The van der Waals surface area contributed by atoms with E-state index < -0.39 is 22.0 Å². The lowest BCUT2D eigenvalue weighted by molar-refractivity contribution is -0.117. The Balaban J connectivity index is 2.22. The van der Waals surface area contributed by atoms with Crippen LogP contribution in [0.15, 0.2) is 28.6 Å². The maximum atomic E-state index is 12.9. The molecule has 7 nitrogen and oxygen atoms in total. The molecule has 0 radical (unpaired) electrons. The van der Waals surface area contributed by atoms with Crippen LogP contribution < -0.4 is 9.62 Å². The zero-order valence-electron chi connectivity index (χ0n) is 16.7. The first-order valence-corrected chi connectivity index (χ1v) is 12.6. The van der Waals surface area contributed by atoms with E-state index in [-0.39, 0.29) is 0 Å². The van der Waals surface area contributed by atoms with Crippen LogP contribution in [0.3, 0.4) is 0 Å². The third-order valence-corrected chi connectivity index (χ3v) is 7.34. The Labute approximate surface area is 175 Å². The molecule has 1 N–H and O–H groups in total. The molecule has 0 unspecified atom stereocenters. The molecule has 0 aliphatic rings. The molecule has 1 amide bonds. The van der Waals surface area contributed by atoms with Crippen LogP contribution >= 0.6 is 23.1 Å². The second-order valence-corrected chi connectivity index (χ2v) is 11.0. The summed E-state index contributed by atoms with van der Waals surface area (Å²) in [6, 6.07) is 6.21. The highest BCUT2D eigenvalue weighted by atomic mass is 32.2. The Morgan fingerprint density at radius 3 is 2.61 bits per heavy atom. The van der Waals surface area contributed by atoms with Crippen molar-refractivity contribution >= 4 is 49.8 Å². The minimum Gasteiger partial charge on any atom is -0.299 e. The van der Waals surface area contributed by atoms with Gasteiger partial charge in [0.15, 0.2) is 4.34 Å². The van der Waals surface area contributed by atoms with E-state index in [0.29, 0.717) is 23.2 Å². The van der Waals surface area contributed by atoms with Gasteiger partial charge in [-0.3, -0.25) is 14.4 Å². The van der Waals surface area contributed by atoms with Crippen LogP contribution in [0.2, 0.25) is 0 Å². The number of nitrogens with one attached hydrogen (secondary N) is 1. The minimum absolute atomic E-state index is 0.320. The number of nitrogens with zero attached hydrogens (tertiary/aromatic N) is 3. The average molecular weight is 443 g/mol. The van der Waals surface area contributed by atoms with E-state index in [0.717, 1.165) is 21.9 Å². The van der Waals surface area contributed by atoms with E-state index in [4.69, 9.17) is 0 Å². The highest BCUT2D eigenvalue weighted by Crippen LogP contribution is 2.28. The number of hydrogen-bond acceptors (Lipinski definition) is 7. The van der Waals surface area contributed by atoms with E-state index in [9.17, 15) is 13.2 Å². The molecule has 2 rings (SSSR count). The molecule has 0 bridgehead atoms. The largest absolute Gasteiger partial charge is 0.299 e. The van der Waals surface area contributed by atoms with Gasteiger partial charge in [-0.2, -0.15) is 0 Å². The van der Waals surface area contributed by atoms with Gasteiger partial charge < -0.3 is 0 Å². The molecule has 1 aromatic heterocycles. The third-order valence-electron chi connectivity index (χ3n) is 3.76. The summed E-state index contributed by atoms with van der Waals surface area (Å²) in [5, 5.41) is 11.2. The standard InChI is InChI=1S/C18H26N4O3S3/c1-6-15(22(28(5,24)25)14-9-7-8-13(4)10-14)16(23)19-17-20-21-18(27-17)26-11-12(2)3/h7-10,12,15H,6,11H2,1-5H3,(H,19,20,23)/t15-/m0/s1. The quantitative estimate of drug-likeness (QED) is 0.469. The molecular formula is C18H26N4O3S3. The molecule has 1 atom stereocenters. The maximum absolute atomic E-state index is 12.9. The fraction of sp³-hybridized carbons (Fsp3) is 0.500. The Hall–Kier alpha value is -1.65. The number of carbonyl (C=O) groups is 1. The number of amides is 1. The van der Waals surface area contributed by atoms with Crippen LogP contribution in [0, 0.1) is 12.8 Å². The molecule has 10 heteroatoms. The van der Waals surface area contributed by atoms with Gasteiger partial charge in [-0.25, -0.2) is 8.42 Å². The summed E-state index contributed by atoms with van der Waals surface area (Å²) in [4.78, 5) is 12.9. The number of carbonyl (C=O) groups excluding carboxylic acids is 1. The maximum Gasteiger partial charge on any atom is 0.250 e. The predicted molar refractivity (Wildman–Crippen MR) is 117 cm³/mol. The van der Waals surface area contributed by atoms with Gasteiger partial charge in [0.2, 0.25) is 21.1 Å². The molecule has 0 saturated heterocycles. The van der Waals surface area contributed by atoms with Gasteiger partial charge in [0.05, 0.1) is 11.9 Å². The summed E-state index contributed by atoms with van der Waals surface area (Å²) in [7, 11) is -3.66. The van der Waals surface area contributed by atoms with Crippen molar-refractivity contribution in [3.63, 3.8) is 0 Å². The number of hydrogen-bond donors (Lipinski definition) is 1. The molecular weight excluding hydrogens is 416 g/mol. The molecule has 0 aliphatic carbocycles. The van der Waals surface area contributed by atoms with Crippen LogP contribution in [-0.4, -0.2) is 42.6 Å². The Kier molecular flexibility index (Phi) is 7.85. The number of benzene rings is 1. The molecule has 0 saturated carbocycles. The first-order valence-electron chi connectivity index (χ1n) is 8.95. The van der Waals surface area contributed by atoms with Crippen molar-refractivity contribution in [2.24, 2.45) is 5.92 Å². The van der Waals surface area contributed by atoms with Gasteiger partial charge in [-0.15, -0.1) is 10.2 Å². The van der Waals surface area contributed by atoms with Gasteiger partial charge in [0.25, 0.3) is 0 Å². The summed E-state index contributed by atoms with van der Waals surface area (Å²) < 4.78 is 26.9. The van der Waals surface area contributed by atoms with E-state index in [1.165, 1.54) is 15.6 Å². The van der Waals surface area contributed by atoms with Crippen LogP contribution in [0.5, 0.6) is 0 Å². The van der Waals surface area contributed by atoms with Crippen molar-refractivity contribution in [3.8, 4) is 0 Å². The lowest BCUT2D eigenvalue weighted by Crippen LogP contribution is -2.47. The number of aryl methyl sites for hydroxylation is 1. The number of aromatic nitrogens is 2. The first kappa shape index (κ1) is 22.6. The van der Waals surface area contributed by atoms with Crippen LogP contribution in [0.1, 0.15) is 32.8 Å². The molecule has 0 fully saturated rings. The first-order chi connectivity index (χ1) is 13.1. The third kappa shape index (κ3) is 6.18. The highest BCUT2D eigenvalue weighted by molar-refractivity contribution is 8.01. The molecule has 0 aliphatic heterocycles. The number of sulfonamides is 1. The molecule has 1 aromatic carbocycles. The Morgan fingerprint density at radius 2 is 2.04 bits per heavy atom. The molecule has 2 aromatic rings. The Morgan fingerprint density at radius 1 is 1.32 bits per heavy atom. The second-order valence-electron chi connectivity index (χ2n) is 6.89. The monoisotopic (exact) mass is 442 g/mol. The van der Waals surface area contributed by atoms with Crippen molar-refractivity contribution < 1.29 is 13.2 Å².